The van der Waals surface area contributed by atoms with Crippen molar-refractivity contribution in [1.82, 2.24) is 15.5 Å². The number of benzene rings is 1. The molecule has 1 saturated heterocycles. The molecule has 1 aromatic carbocycles. The van der Waals surface area contributed by atoms with Crippen molar-refractivity contribution in [2.45, 2.75) is 57.9 Å². The minimum atomic E-state index is -0.841. The van der Waals surface area contributed by atoms with Crippen LogP contribution in [-0.4, -0.2) is 58.3 Å². The summed E-state index contributed by atoms with van der Waals surface area (Å²) in [5, 5.41) is 6.84. The van der Waals surface area contributed by atoms with E-state index in [9.17, 15) is 4.21 Å². The fourth-order valence-corrected chi connectivity index (χ4v) is 4.12. The van der Waals surface area contributed by atoms with Crippen molar-refractivity contribution in [3.8, 4) is 0 Å². The minimum Gasteiger partial charge on any atom is -0.355 e. The molecule has 0 spiro atoms. The zero-order chi connectivity index (χ0) is 19.9. The van der Waals surface area contributed by atoms with Crippen LogP contribution >= 0.6 is 0 Å². The van der Waals surface area contributed by atoms with Gasteiger partial charge in [-0.1, -0.05) is 24.3 Å². The van der Waals surface area contributed by atoms with Crippen LogP contribution in [0.4, 0.5) is 0 Å². The number of piperidine rings is 1. The van der Waals surface area contributed by atoms with Crippen molar-refractivity contribution in [2.24, 2.45) is 4.99 Å². The third kappa shape index (κ3) is 7.26. The average Bonchev–Trinajstić information content (AvgIpc) is 2.63. The van der Waals surface area contributed by atoms with E-state index in [2.05, 4.69) is 51.7 Å². The van der Waals surface area contributed by atoms with E-state index in [4.69, 9.17) is 0 Å². The van der Waals surface area contributed by atoms with E-state index in [1.165, 1.54) is 11.1 Å². The van der Waals surface area contributed by atoms with Crippen LogP contribution in [0, 0.1) is 6.92 Å². The summed E-state index contributed by atoms with van der Waals surface area (Å²) < 4.78 is 12.0. The highest BCUT2D eigenvalue weighted by Crippen LogP contribution is 2.16. The maximum absolute atomic E-state index is 12.1. The van der Waals surface area contributed by atoms with Gasteiger partial charge in [0.05, 0.1) is 0 Å². The number of rotatable bonds is 6. The van der Waals surface area contributed by atoms with Crippen LogP contribution in [0.5, 0.6) is 0 Å². The van der Waals surface area contributed by atoms with Gasteiger partial charge >= 0.3 is 0 Å². The number of hydrogen-bond acceptors (Lipinski definition) is 3. The molecular weight excluding hydrogens is 356 g/mol. The zero-order valence-electron chi connectivity index (χ0n) is 17.5. The molecule has 1 aromatic rings. The molecule has 5 nitrogen and oxygen atoms in total. The van der Waals surface area contributed by atoms with Crippen molar-refractivity contribution in [3.63, 3.8) is 0 Å². The van der Waals surface area contributed by atoms with Crippen LogP contribution in [0.3, 0.4) is 0 Å². The molecule has 0 aromatic heterocycles. The first kappa shape index (κ1) is 21.9. The highest BCUT2D eigenvalue weighted by atomic mass is 32.2. The quantitative estimate of drug-likeness (QED) is 0.577. The van der Waals surface area contributed by atoms with Gasteiger partial charge in [0.15, 0.2) is 5.96 Å². The molecular formula is C21H36N4OS. The molecule has 0 aliphatic carbocycles. The molecule has 1 heterocycles. The summed E-state index contributed by atoms with van der Waals surface area (Å²) in [4.78, 5) is 6.85. The Balaban J connectivity index is 1.72. The first-order valence-corrected chi connectivity index (χ1v) is 11.2. The van der Waals surface area contributed by atoms with Crippen molar-refractivity contribution < 1.29 is 4.21 Å². The molecule has 152 valence electrons. The van der Waals surface area contributed by atoms with Gasteiger partial charge in [-0.2, -0.15) is 0 Å². The highest BCUT2D eigenvalue weighted by molar-refractivity contribution is 7.86. The standard InChI is InChI=1S/C21H36N4OS/c1-17-8-6-7-9-18(17)16-25-13-10-19(11-14-25)24-20(22-5)23-12-15-27(26)21(2,3)4/h6-9,19H,10-16H2,1-5H3,(H2,22,23,24). The van der Waals surface area contributed by atoms with Gasteiger partial charge in [-0.3, -0.25) is 14.1 Å². The minimum absolute atomic E-state index is 0.164. The van der Waals surface area contributed by atoms with Crippen LogP contribution in [0.2, 0.25) is 0 Å². The van der Waals surface area contributed by atoms with Gasteiger partial charge in [-0.15, -0.1) is 0 Å². The Kier molecular flexibility index (Phi) is 8.29. The third-order valence-corrected chi connectivity index (χ3v) is 7.01. The summed E-state index contributed by atoms with van der Waals surface area (Å²) in [6.07, 6.45) is 2.22. The van der Waals surface area contributed by atoms with Crippen molar-refractivity contribution in [3.05, 3.63) is 35.4 Å². The smallest absolute Gasteiger partial charge is 0.191 e. The Hall–Kier alpha value is -1.40. The van der Waals surface area contributed by atoms with Crippen molar-refractivity contribution >= 4 is 16.8 Å². The second kappa shape index (κ2) is 10.2. The number of likely N-dealkylation sites (tertiary alicyclic amines) is 1. The van der Waals surface area contributed by atoms with E-state index in [1.807, 2.05) is 20.8 Å². The second-order valence-electron chi connectivity index (χ2n) is 8.28. The van der Waals surface area contributed by atoms with Gasteiger partial charge in [0.1, 0.15) is 0 Å². The van der Waals surface area contributed by atoms with E-state index in [0.717, 1.165) is 38.4 Å². The van der Waals surface area contributed by atoms with E-state index in [-0.39, 0.29) is 4.75 Å². The predicted octanol–water partition coefficient (Wildman–Crippen LogP) is 2.67. The Morgan fingerprint density at radius 2 is 1.93 bits per heavy atom. The molecule has 1 aliphatic heterocycles. The summed E-state index contributed by atoms with van der Waals surface area (Å²) in [6.45, 7) is 12.1. The lowest BCUT2D eigenvalue weighted by Crippen LogP contribution is -2.49. The van der Waals surface area contributed by atoms with Gasteiger partial charge in [0.25, 0.3) is 0 Å². The van der Waals surface area contributed by atoms with E-state index >= 15 is 0 Å². The van der Waals surface area contributed by atoms with Gasteiger partial charge in [-0.25, -0.2) is 0 Å². The maximum Gasteiger partial charge on any atom is 0.191 e. The number of aryl methyl sites for hydroxylation is 1. The van der Waals surface area contributed by atoms with Gasteiger partial charge in [-0.05, 0) is 51.7 Å². The number of guanidine groups is 1. The molecule has 0 amide bonds. The number of hydrogen-bond donors (Lipinski definition) is 2. The topological polar surface area (TPSA) is 56.7 Å². The molecule has 1 unspecified atom stereocenters. The molecule has 2 N–H and O–H groups in total. The monoisotopic (exact) mass is 392 g/mol. The molecule has 0 radical (unpaired) electrons. The number of aliphatic imine (C=N–C) groups is 1. The van der Waals surface area contributed by atoms with E-state index in [0.29, 0.717) is 18.3 Å². The first-order chi connectivity index (χ1) is 12.8. The van der Waals surface area contributed by atoms with Crippen LogP contribution in [0.25, 0.3) is 0 Å². The van der Waals surface area contributed by atoms with Crippen LogP contribution in [-0.2, 0) is 17.3 Å². The molecule has 1 aliphatic rings. The SMILES string of the molecule is CN=C(NCCS(=O)C(C)(C)C)NC1CCN(Cc2ccccc2C)CC1. The summed E-state index contributed by atoms with van der Waals surface area (Å²) in [5.74, 6) is 1.46. The summed E-state index contributed by atoms with van der Waals surface area (Å²) >= 11 is 0. The number of nitrogens with one attached hydrogen (secondary N) is 2. The fourth-order valence-electron chi connectivity index (χ4n) is 3.22. The van der Waals surface area contributed by atoms with Gasteiger partial charge < -0.3 is 10.6 Å². The summed E-state index contributed by atoms with van der Waals surface area (Å²) in [7, 11) is 0.954. The summed E-state index contributed by atoms with van der Waals surface area (Å²) in [6, 6.07) is 9.08. The van der Waals surface area contributed by atoms with Crippen molar-refractivity contribution in [1.29, 1.82) is 0 Å². The van der Waals surface area contributed by atoms with Gasteiger partial charge in [0, 0.05) is 60.6 Å². The van der Waals surface area contributed by atoms with Gasteiger partial charge in [0.2, 0.25) is 0 Å². The fraction of sp³-hybridized carbons (Fsp3) is 0.667. The van der Waals surface area contributed by atoms with E-state index < -0.39 is 10.8 Å². The molecule has 2 rings (SSSR count). The lowest BCUT2D eigenvalue weighted by Gasteiger charge is -2.33. The lowest BCUT2D eigenvalue weighted by molar-refractivity contribution is 0.198. The van der Waals surface area contributed by atoms with Crippen LogP contribution in [0.15, 0.2) is 29.3 Å². The Bertz CT molecular complexity index is 646. The van der Waals surface area contributed by atoms with Crippen molar-refractivity contribution in [2.75, 3.05) is 32.4 Å². The summed E-state index contributed by atoms with van der Waals surface area (Å²) in [5.41, 5.74) is 2.79. The predicted molar refractivity (Wildman–Crippen MR) is 117 cm³/mol. The normalized spacial score (nSPS) is 18.3. The molecule has 6 heteroatoms. The Morgan fingerprint density at radius 3 is 2.52 bits per heavy atom. The number of nitrogens with zero attached hydrogens (tertiary/aromatic N) is 2. The zero-order valence-corrected chi connectivity index (χ0v) is 18.4. The molecule has 0 saturated carbocycles. The Morgan fingerprint density at radius 1 is 1.26 bits per heavy atom. The molecule has 0 bridgehead atoms. The highest BCUT2D eigenvalue weighted by Gasteiger charge is 2.21. The van der Waals surface area contributed by atoms with E-state index in [1.54, 1.807) is 7.05 Å². The largest absolute Gasteiger partial charge is 0.355 e. The Labute approximate surface area is 167 Å². The molecule has 1 fully saturated rings. The average molecular weight is 393 g/mol. The van der Waals surface area contributed by atoms with Crippen LogP contribution in [0.1, 0.15) is 44.7 Å². The third-order valence-electron chi connectivity index (χ3n) is 5.07. The lowest BCUT2D eigenvalue weighted by atomic mass is 10.0. The van der Waals surface area contributed by atoms with Crippen LogP contribution < -0.4 is 10.6 Å². The molecule has 27 heavy (non-hydrogen) atoms. The maximum atomic E-state index is 12.1. The first-order valence-electron chi connectivity index (χ1n) is 9.92. The molecule has 1 atom stereocenters. The second-order valence-corrected chi connectivity index (χ2v) is 10.6.